The van der Waals surface area contributed by atoms with E-state index in [-0.39, 0.29) is 11.3 Å². The van der Waals surface area contributed by atoms with Crippen LogP contribution in [0.3, 0.4) is 0 Å². The van der Waals surface area contributed by atoms with Gasteiger partial charge in [-0.25, -0.2) is 0 Å². The highest BCUT2D eigenvalue weighted by atomic mass is 16.2. The van der Waals surface area contributed by atoms with Crippen LogP contribution in [-0.2, 0) is 24.2 Å². The number of fused-ring (bicyclic) bond motifs is 1. The Labute approximate surface area is 103 Å². The molecule has 0 atom stereocenters. The van der Waals surface area contributed by atoms with Crippen molar-refractivity contribution in [2.45, 2.75) is 53.0 Å². The van der Waals surface area contributed by atoms with Crippen molar-refractivity contribution in [1.29, 1.82) is 0 Å². The highest BCUT2D eigenvalue weighted by Gasteiger charge is 2.22. The Morgan fingerprint density at radius 1 is 1.35 bits per heavy atom. The van der Waals surface area contributed by atoms with Crippen molar-refractivity contribution in [3.63, 3.8) is 0 Å². The Bertz CT molecular complexity index is 412. The highest BCUT2D eigenvalue weighted by Crippen LogP contribution is 2.24. The summed E-state index contributed by atoms with van der Waals surface area (Å²) in [7, 11) is 0. The molecule has 1 amide bonds. The molecule has 0 bridgehead atoms. The van der Waals surface area contributed by atoms with Gasteiger partial charge in [-0.2, -0.15) is 0 Å². The van der Waals surface area contributed by atoms with Crippen LogP contribution in [0, 0.1) is 5.41 Å². The van der Waals surface area contributed by atoms with E-state index in [0.717, 1.165) is 6.42 Å². The average molecular weight is 234 g/mol. The van der Waals surface area contributed by atoms with E-state index >= 15 is 0 Å². The van der Waals surface area contributed by atoms with Gasteiger partial charge in [-0.15, -0.1) is 0 Å². The second-order valence-corrected chi connectivity index (χ2v) is 5.91. The van der Waals surface area contributed by atoms with Crippen LogP contribution in [0.2, 0.25) is 0 Å². The van der Waals surface area contributed by atoms with Crippen molar-refractivity contribution in [2.75, 3.05) is 0 Å². The molecular formula is C14H22N2O. The topological polar surface area (TPSA) is 44.9 Å². The number of aromatic amines is 1. The second-order valence-electron chi connectivity index (χ2n) is 5.91. The first-order chi connectivity index (χ1) is 7.98. The van der Waals surface area contributed by atoms with E-state index in [1.807, 2.05) is 20.8 Å². The first-order valence-corrected chi connectivity index (χ1v) is 6.45. The smallest absolute Gasteiger partial charge is 0.225 e. The van der Waals surface area contributed by atoms with E-state index < -0.39 is 0 Å². The molecule has 1 aromatic rings. The van der Waals surface area contributed by atoms with Crippen LogP contribution in [-0.4, -0.2) is 10.9 Å². The lowest BCUT2D eigenvalue weighted by molar-refractivity contribution is -0.128. The fraction of sp³-hybridized carbons (Fsp3) is 0.643. The predicted octanol–water partition coefficient (Wildman–Crippen LogP) is 2.56. The molecule has 2 rings (SSSR count). The first-order valence-electron chi connectivity index (χ1n) is 6.45. The molecular weight excluding hydrogens is 212 g/mol. The van der Waals surface area contributed by atoms with Gasteiger partial charge < -0.3 is 10.3 Å². The van der Waals surface area contributed by atoms with Crippen LogP contribution >= 0.6 is 0 Å². The lowest BCUT2D eigenvalue weighted by Crippen LogP contribution is -2.34. The molecule has 17 heavy (non-hydrogen) atoms. The van der Waals surface area contributed by atoms with Crippen LogP contribution in [0.15, 0.2) is 6.20 Å². The summed E-state index contributed by atoms with van der Waals surface area (Å²) >= 11 is 0. The van der Waals surface area contributed by atoms with Crippen molar-refractivity contribution in [3.8, 4) is 0 Å². The molecule has 1 aliphatic carbocycles. The van der Waals surface area contributed by atoms with Gasteiger partial charge in [0.1, 0.15) is 0 Å². The van der Waals surface area contributed by atoms with Gasteiger partial charge >= 0.3 is 0 Å². The first kappa shape index (κ1) is 12.2. The molecule has 1 heterocycles. The Hall–Kier alpha value is -1.25. The number of nitrogens with one attached hydrogen (secondary N) is 2. The van der Waals surface area contributed by atoms with Crippen molar-refractivity contribution in [1.82, 2.24) is 10.3 Å². The zero-order valence-corrected chi connectivity index (χ0v) is 11.0. The van der Waals surface area contributed by atoms with E-state index in [4.69, 9.17) is 0 Å². The minimum Gasteiger partial charge on any atom is -0.363 e. The van der Waals surface area contributed by atoms with Crippen molar-refractivity contribution in [2.24, 2.45) is 5.41 Å². The Morgan fingerprint density at radius 2 is 2.06 bits per heavy atom. The summed E-state index contributed by atoms with van der Waals surface area (Å²) in [6.45, 7) is 6.44. The SMILES string of the molecule is CC(C)(C)C(=O)NCc1[nH]cc2c1CCCC2. The Balaban J connectivity index is 2.00. The maximum atomic E-state index is 11.8. The molecule has 1 aliphatic rings. The number of carbonyl (C=O) groups is 1. The van der Waals surface area contributed by atoms with Crippen LogP contribution in [0.25, 0.3) is 0 Å². The fourth-order valence-electron chi connectivity index (χ4n) is 2.29. The quantitative estimate of drug-likeness (QED) is 0.811. The number of hydrogen-bond donors (Lipinski definition) is 2. The summed E-state index contributed by atoms with van der Waals surface area (Å²) in [5.74, 6) is 0.108. The van der Waals surface area contributed by atoms with Gasteiger partial charge in [0.2, 0.25) is 5.91 Å². The lowest BCUT2D eigenvalue weighted by atomic mass is 9.93. The third kappa shape index (κ3) is 2.71. The lowest BCUT2D eigenvalue weighted by Gasteiger charge is -2.18. The van der Waals surface area contributed by atoms with E-state index in [2.05, 4.69) is 16.5 Å². The van der Waals surface area contributed by atoms with E-state index in [9.17, 15) is 4.79 Å². The van der Waals surface area contributed by atoms with Gasteiger partial charge in [0, 0.05) is 17.3 Å². The molecule has 0 aromatic carbocycles. The van der Waals surface area contributed by atoms with E-state index in [1.54, 1.807) is 0 Å². The monoisotopic (exact) mass is 234 g/mol. The minimum atomic E-state index is -0.313. The van der Waals surface area contributed by atoms with Crippen LogP contribution < -0.4 is 5.32 Å². The largest absolute Gasteiger partial charge is 0.363 e. The molecule has 94 valence electrons. The van der Waals surface area contributed by atoms with Crippen molar-refractivity contribution >= 4 is 5.91 Å². The van der Waals surface area contributed by atoms with Gasteiger partial charge in [0.05, 0.1) is 6.54 Å². The number of H-pyrrole nitrogens is 1. The number of rotatable bonds is 2. The number of aryl methyl sites for hydroxylation is 1. The van der Waals surface area contributed by atoms with Crippen LogP contribution in [0.1, 0.15) is 50.4 Å². The number of hydrogen-bond acceptors (Lipinski definition) is 1. The molecule has 3 heteroatoms. The third-order valence-corrected chi connectivity index (χ3v) is 3.40. The third-order valence-electron chi connectivity index (χ3n) is 3.40. The molecule has 2 N–H and O–H groups in total. The average Bonchev–Trinajstić information content (AvgIpc) is 2.68. The maximum Gasteiger partial charge on any atom is 0.225 e. The molecule has 0 fully saturated rings. The van der Waals surface area contributed by atoms with E-state index in [1.165, 1.54) is 36.1 Å². The molecule has 0 aliphatic heterocycles. The normalized spacial score (nSPS) is 15.5. The van der Waals surface area contributed by atoms with Gasteiger partial charge in [-0.05, 0) is 36.8 Å². The number of aromatic nitrogens is 1. The standard InChI is InChI=1S/C14H22N2O/c1-14(2,3)13(17)16-9-12-11-7-5-4-6-10(11)8-15-12/h8,15H,4-7,9H2,1-3H3,(H,16,17). The maximum absolute atomic E-state index is 11.8. The molecule has 1 aromatic heterocycles. The number of carbonyl (C=O) groups excluding carboxylic acids is 1. The van der Waals surface area contributed by atoms with Gasteiger partial charge in [0.25, 0.3) is 0 Å². The van der Waals surface area contributed by atoms with Crippen molar-refractivity contribution in [3.05, 3.63) is 23.0 Å². The van der Waals surface area contributed by atoms with Gasteiger partial charge in [-0.3, -0.25) is 4.79 Å². The van der Waals surface area contributed by atoms with Crippen molar-refractivity contribution < 1.29 is 4.79 Å². The zero-order chi connectivity index (χ0) is 12.5. The van der Waals surface area contributed by atoms with Crippen LogP contribution in [0.5, 0.6) is 0 Å². The summed E-state index contributed by atoms with van der Waals surface area (Å²) in [4.78, 5) is 15.1. The fourth-order valence-corrected chi connectivity index (χ4v) is 2.29. The molecule has 3 nitrogen and oxygen atoms in total. The molecule has 0 unspecified atom stereocenters. The summed E-state index contributed by atoms with van der Waals surface area (Å²) in [6.07, 6.45) is 7.00. The van der Waals surface area contributed by atoms with Gasteiger partial charge in [-0.1, -0.05) is 20.8 Å². The Kier molecular flexibility index (Phi) is 3.27. The summed E-state index contributed by atoms with van der Waals surface area (Å²) in [5.41, 5.74) is 3.76. The van der Waals surface area contributed by atoms with Gasteiger partial charge in [0.15, 0.2) is 0 Å². The summed E-state index contributed by atoms with van der Waals surface area (Å²) in [5, 5.41) is 3.00. The zero-order valence-electron chi connectivity index (χ0n) is 11.0. The minimum absolute atomic E-state index is 0.108. The second kappa shape index (κ2) is 4.55. The van der Waals surface area contributed by atoms with E-state index in [0.29, 0.717) is 6.54 Å². The summed E-state index contributed by atoms with van der Waals surface area (Å²) in [6, 6.07) is 0. The van der Waals surface area contributed by atoms with Crippen LogP contribution in [0.4, 0.5) is 0 Å². The molecule has 0 spiro atoms. The summed E-state index contributed by atoms with van der Waals surface area (Å²) < 4.78 is 0. The number of amides is 1. The predicted molar refractivity (Wildman–Crippen MR) is 68.7 cm³/mol. The molecule has 0 saturated carbocycles. The molecule has 0 saturated heterocycles. The highest BCUT2D eigenvalue weighted by molar-refractivity contribution is 5.81. The molecule has 0 radical (unpaired) electrons. The Morgan fingerprint density at radius 3 is 2.76 bits per heavy atom.